The Labute approximate surface area is 192 Å². The molecule has 8 bridgehead atoms. The van der Waals surface area contributed by atoms with E-state index in [1.807, 2.05) is 42.5 Å². The quantitative estimate of drug-likeness (QED) is 0.305. The van der Waals surface area contributed by atoms with Crippen molar-refractivity contribution in [2.75, 3.05) is 0 Å². The highest BCUT2D eigenvalue weighted by atomic mass is 32.1. The molecule has 2 atom stereocenters. The van der Waals surface area contributed by atoms with Crippen molar-refractivity contribution < 1.29 is 14.6 Å². The first-order valence-corrected chi connectivity index (χ1v) is 11.4. The fourth-order valence-corrected chi connectivity index (χ4v) is 5.30. The molecule has 33 heavy (non-hydrogen) atoms. The lowest BCUT2D eigenvalue weighted by atomic mass is 9.99. The maximum absolute atomic E-state index is 13.7. The van der Waals surface area contributed by atoms with Crippen molar-refractivity contribution in [2.24, 2.45) is 0 Å². The fourth-order valence-electron chi connectivity index (χ4n) is 4.26. The molecule has 3 aromatic heterocycles. The molecule has 0 amide bonds. The predicted octanol–water partition coefficient (Wildman–Crippen LogP) is 2.64. The van der Waals surface area contributed by atoms with Gasteiger partial charge in [0.05, 0.1) is 5.70 Å². The highest BCUT2D eigenvalue weighted by molar-refractivity contribution is 7.14. The number of hydrogen-bond donors (Lipinski definition) is 5. The Balaban J connectivity index is 1.62. The minimum absolute atomic E-state index is 0.333. The van der Waals surface area contributed by atoms with Crippen LogP contribution in [0.4, 0.5) is 4.39 Å². The number of aliphatic hydroxyl groups excluding tert-OH is 2. The maximum atomic E-state index is 13.7. The van der Waals surface area contributed by atoms with Crippen molar-refractivity contribution >= 4 is 35.1 Å². The van der Waals surface area contributed by atoms with Crippen LogP contribution in [0.2, 0.25) is 0 Å². The lowest BCUT2D eigenvalue weighted by Gasteiger charge is -2.14. The summed E-state index contributed by atoms with van der Waals surface area (Å²) in [5.74, 6) is -0.333. The molecule has 1 saturated heterocycles. The smallest absolute Gasteiger partial charge is 0.126 e. The summed E-state index contributed by atoms with van der Waals surface area (Å²) in [6, 6.07) is 18.1. The number of rotatable bonds is 1. The third-order valence-corrected chi connectivity index (χ3v) is 6.90. The number of fused-ring (bicyclic) bond motifs is 8. The second kappa shape index (κ2) is 7.74. The van der Waals surface area contributed by atoms with E-state index in [1.165, 1.54) is 12.1 Å². The van der Waals surface area contributed by atoms with Crippen molar-refractivity contribution in [1.82, 2.24) is 15.3 Å². The highest BCUT2D eigenvalue weighted by Gasteiger charge is 2.35. The Morgan fingerprint density at radius 2 is 1.45 bits per heavy atom. The van der Waals surface area contributed by atoms with E-state index in [0.29, 0.717) is 11.4 Å². The average Bonchev–Trinajstić information content (AvgIpc) is 3.58. The lowest BCUT2D eigenvalue weighted by molar-refractivity contribution is 0.0817. The molecular weight excluding hydrogens is 437 g/mol. The van der Waals surface area contributed by atoms with Crippen molar-refractivity contribution in [1.29, 1.82) is 0 Å². The standard InChI is InChI=1S/C26H20FN3O2S/c27-15-3-1-14(2-4-15)23-22-10-9-20(33-22)12-18-7-5-16(28-18)11-17-6-8-19(29-17)13-21-25(31)26(32)24(23)30-21/h1-13,25-26,28-32H. The number of aromatic nitrogens is 2. The topological polar surface area (TPSA) is 84.1 Å². The number of aliphatic hydroxyl groups is 2. The number of benzene rings is 1. The molecular formula is C26H20FN3O2S. The Bertz CT molecular complexity index is 1540. The molecule has 1 fully saturated rings. The molecule has 164 valence electrons. The van der Waals surface area contributed by atoms with Crippen LogP contribution in [0.15, 0.2) is 72.1 Å². The van der Waals surface area contributed by atoms with E-state index in [2.05, 4.69) is 21.4 Å². The summed E-state index contributed by atoms with van der Waals surface area (Å²) >= 11 is 1.56. The molecule has 5 heterocycles. The molecule has 5 N–H and O–H groups in total. The van der Waals surface area contributed by atoms with Gasteiger partial charge >= 0.3 is 0 Å². The van der Waals surface area contributed by atoms with Crippen LogP contribution in [0.3, 0.4) is 0 Å². The second-order valence-corrected chi connectivity index (χ2v) is 9.25. The Kier molecular flexibility index (Phi) is 4.69. The summed E-state index contributed by atoms with van der Waals surface area (Å²) < 4.78 is 13.7. The number of nitrogens with one attached hydrogen (secondary N) is 3. The SMILES string of the molecule is OC1C2=Cc3ccc([nH]3)C=c3ccc([nH]3)=Cc3ccc(s3)C(c3ccc(F)cc3)=C(N2)C1O. The normalized spacial score (nSPS) is 19.5. The van der Waals surface area contributed by atoms with E-state index in [9.17, 15) is 14.6 Å². The Morgan fingerprint density at radius 1 is 0.727 bits per heavy atom. The van der Waals surface area contributed by atoms with Gasteiger partial charge in [0.1, 0.15) is 18.0 Å². The zero-order valence-electron chi connectivity index (χ0n) is 17.3. The summed E-state index contributed by atoms with van der Waals surface area (Å²) in [6.07, 6.45) is 3.60. The largest absolute Gasteiger partial charge is 0.384 e. The maximum Gasteiger partial charge on any atom is 0.126 e. The number of thiophene rings is 1. The van der Waals surface area contributed by atoms with E-state index in [1.54, 1.807) is 29.5 Å². The molecule has 0 aliphatic carbocycles. The van der Waals surface area contributed by atoms with Crippen molar-refractivity contribution in [3.8, 4) is 0 Å². The molecule has 0 radical (unpaired) electrons. The van der Waals surface area contributed by atoms with Gasteiger partial charge in [0, 0.05) is 43.1 Å². The van der Waals surface area contributed by atoms with Gasteiger partial charge in [-0.3, -0.25) is 0 Å². The van der Waals surface area contributed by atoms with Gasteiger partial charge in [0.15, 0.2) is 0 Å². The van der Waals surface area contributed by atoms with Crippen LogP contribution < -0.4 is 16.0 Å². The zero-order valence-corrected chi connectivity index (χ0v) is 18.2. The van der Waals surface area contributed by atoms with E-state index < -0.39 is 12.2 Å². The second-order valence-electron chi connectivity index (χ2n) is 8.14. The van der Waals surface area contributed by atoms with Crippen LogP contribution in [-0.2, 0) is 0 Å². The average molecular weight is 458 g/mol. The first kappa shape index (κ1) is 20.0. The fraction of sp³-hybridized carbons (Fsp3) is 0.0769. The summed E-state index contributed by atoms with van der Waals surface area (Å²) in [5.41, 5.74) is 4.17. The van der Waals surface area contributed by atoms with Gasteiger partial charge in [0.2, 0.25) is 0 Å². The van der Waals surface area contributed by atoms with Gasteiger partial charge in [-0.2, -0.15) is 0 Å². The zero-order chi connectivity index (χ0) is 22.5. The van der Waals surface area contributed by atoms with E-state index >= 15 is 0 Å². The molecule has 0 saturated carbocycles. The van der Waals surface area contributed by atoms with Gasteiger partial charge in [0.25, 0.3) is 0 Å². The number of hydrogen-bond acceptors (Lipinski definition) is 4. The molecule has 5 nitrogen and oxygen atoms in total. The first-order valence-electron chi connectivity index (χ1n) is 10.6. The van der Waals surface area contributed by atoms with E-state index in [-0.39, 0.29) is 5.82 Å². The molecule has 6 rings (SSSR count). The van der Waals surface area contributed by atoms with E-state index in [0.717, 1.165) is 43.0 Å². The van der Waals surface area contributed by atoms with E-state index in [4.69, 9.17) is 0 Å². The minimum atomic E-state index is -1.15. The monoisotopic (exact) mass is 457 g/mol. The molecule has 2 unspecified atom stereocenters. The van der Waals surface area contributed by atoms with Gasteiger partial charge in [-0.1, -0.05) is 12.1 Å². The van der Waals surface area contributed by atoms with Crippen LogP contribution in [0, 0.1) is 5.82 Å². The van der Waals surface area contributed by atoms with Crippen LogP contribution in [0.5, 0.6) is 0 Å². The van der Waals surface area contributed by atoms with Crippen molar-refractivity contribution in [2.45, 2.75) is 12.2 Å². The van der Waals surface area contributed by atoms with Gasteiger partial charge < -0.3 is 25.5 Å². The van der Waals surface area contributed by atoms with Crippen LogP contribution >= 0.6 is 11.3 Å². The van der Waals surface area contributed by atoms with Crippen LogP contribution in [0.25, 0.3) is 23.8 Å². The molecule has 0 spiro atoms. The third-order valence-electron chi connectivity index (χ3n) is 5.85. The summed E-state index contributed by atoms with van der Waals surface area (Å²) in [4.78, 5) is 8.63. The predicted molar refractivity (Wildman–Crippen MR) is 128 cm³/mol. The summed E-state index contributed by atoms with van der Waals surface area (Å²) in [7, 11) is 0. The van der Waals surface area contributed by atoms with Crippen molar-refractivity contribution in [3.63, 3.8) is 0 Å². The van der Waals surface area contributed by atoms with Crippen LogP contribution in [0.1, 0.15) is 26.7 Å². The minimum Gasteiger partial charge on any atom is -0.384 e. The van der Waals surface area contributed by atoms with Gasteiger partial charge in [-0.15, -0.1) is 11.3 Å². The molecule has 7 heteroatoms. The van der Waals surface area contributed by atoms with Gasteiger partial charge in [-0.05, 0) is 72.3 Å². The Hall–Kier alpha value is -3.65. The Morgan fingerprint density at radius 3 is 2.24 bits per heavy atom. The van der Waals surface area contributed by atoms with Crippen molar-refractivity contribution in [3.05, 3.63) is 115 Å². The third kappa shape index (κ3) is 3.66. The summed E-state index contributed by atoms with van der Waals surface area (Å²) in [5, 5.41) is 27.0. The number of aromatic amines is 2. The molecule has 4 aromatic rings. The lowest BCUT2D eigenvalue weighted by Crippen LogP contribution is -2.21. The van der Waals surface area contributed by atoms with Gasteiger partial charge in [-0.25, -0.2) is 4.39 Å². The summed E-state index contributed by atoms with van der Waals surface area (Å²) in [6.45, 7) is 0. The van der Waals surface area contributed by atoms with Crippen LogP contribution in [-0.4, -0.2) is 32.4 Å². The molecule has 1 aromatic carbocycles. The number of halogens is 1. The molecule has 2 aliphatic rings. The highest BCUT2D eigenvalue weighted by Crippen LogP contribution is 2.37. The number of H-pyrrole nitrogens is 2. The first-order chi connectivity index (χ1) is 16.0. The molecule has 2 aliphatic heterocycles.